The average Bonchev–Trinajstić information content (AvgIpc) is 2.27. The normalized spacial score (nSPS) is 10.8. The highest BCUT2D eigenvalue weighted by atomic mass is 16.1. The van der Waals surface area contributed by atoms with Crippen molar-refractivity contribution in [2.24, 2.45) is 5.73 Å². The molecule has 0 aliphatic rings. The van der Waals surface area contributed by atoms with E-state index in [0.717, 1.165) is 28.5 Å². The maximum absolute atomic E-state index is 11.2. The first-order chi connectivity index (χ1) is 7.24. The van der Waals surface area contributed by atoms with Gasteiger partial charge in [-0.1, -0.05) is 13.0 Å². The molecule has 0 saturated carbocycles. The molecule has 3 heteroatoms. The van der Waals surface area contributed by atoms with Gasteiger partial charge in [0, 0.05) is 12.6 Å². The Morgan fingerprint density at radius 3 is 2.80 bits per heavy atom. The minimum atomic E-state index is -0.0577. The fourth-order valence-corrected chi connectivity index (χ4v) is 1.81. The summed E-state index contributed by atoms with van der Waals surface area (Å²) in [6, 6.07) is 7.46. The number of hydrogen-bond donors (Lipinski definition) is 2. The predicted octanol–water partition coefficient (Wildman–Crippen LogP) is 1.55. The lowest BCUT2D eigenvalue weighted by atomic mass is 10.0. The Balaban J connectivity index is 2.80. The van der Waals surface area contributed by atoms with Crippen LogP contribution in [0.15, 0.2) is 29.1 Å². The fourth-order valence-electron chi connectivity index (χ4n) is 1.81. The van der Waals surface area contributed by atoms with Crippen LogP contribution in [0.1, 0.15) is 18.1 Å². The van der Waals surface area contributed by atoms with Gasteiger partial charge in [-0.05, 0) is 35.1 Å². The van der Waals surface area contributed by atoms with Gasteiger partial charge in [-0.3, -0.25) is 4.79 Å². The van der Waals surface area contributed by atoms with Crippen LogP contribution in [-0.4, -0.2) is 4.98 Å². The lowest BCUT2D eigenvalue weighted by molar-refractivity contribution is 1.05. The first kappa shape index (κ1) is 9.93. The van der Waals surface area contributed by atoms with Crippen LogP contribution in [0.2, 0.25) is 0 Å². The van der Waals surface area contributed by atoms with Crippen LogP contribution < -0.4 is 11.3 Å². The fraction of sp³-hybridized carbons (Fsp3) is 0.250. The molecule has 3 N–H and O–H groups in total. The van der Waals surface area contributed by atoms with Crippen molar-refractivity contribution in [2.75, 3.05) is 0 Å². The van der Waals surface area contributed by atoms with Crippen LogP contribution in [0.5, 0.6) is 0 Å². The zero-order valence-electron chi connectivity index (χ0n) is 8.71. The number of fused-ring (bicyclic) bond motifs is 1. The minimum Gasteiger partial charge on any atom is -0.326 e. The highest BCUT2D eigenvalue weighted by molar-refractivity contribution is 5.82. The smallest absolute Gasteiger partial charge is 0.248 e. The van der Waals surface area contributed by atoms with E-state index in [-0.39, 0.29) is 5.56 Å². The molecular weight excluding hydrogens is 188 g/mol. The number of pyridine rings is 1. The Morgan fingerprint density at radius 1 is 1.33 bits per heavy atom. The van der Waals surface area contributed by atoms with Crippen LogP contribution in [-0.2, 0) is 13.0 Å². The van der Waals surface area contributed by atoms with E-state index in [1.807, 2.05) is 12.1 Å². The molecule has 0 atom stereocenters. The number of nitrogens with two attached hydrogens (primary N) is 1. The third kappa shape index (κ3) is 1.78. The summed E-state index contributed by atoms with van der Waals surface area (Å²) in [6.07, 6.45) is 0.893. The second-order valence-electron chi connectivity index (χ2n) is 3.60. The van der Waals surface area contributed by atoms with Crippen molar-refractivity contribution in [1.29, 1.82) is 0 Å². The van der Waals surface area contributed by atoms with E-state index in [1.165, 1.54) is 0 Å². The molecule has 0 fully saturated rings. The van der Waals surface area contributed by atoms with E-state index in [9.17, 15) is 4.79 Å². The van der Waals surface area contributed by atoms with Crippen molar-refractivity contribution >= 4 is 10.9 Å². The third-order valence-electron chi connectivity index (χ3n) is 2.59. The number of aromatic nitrogens is 1. The molecule has 0 bridgehead atoms. The third-order valence-corrected chi connectivity index (χ3v) is 2.59. The molecule has 0 unspecified atom stereocenters. The van der Waals surface area contributed by atoms with E-state index >= 15 is 0 Å². The summed E-state index contributed by atoms with van der Waals surface area (Å²) in [7, 11) is 0. The van der Waals surface area contributed by atoms with E-state index in [4.69, 9.17) is 5.73 Å². The maximum Gasteiger partial charge on any atom is 0.248 e. The number of aromatic amines is 1. The largest absolute Gasteiger partial charge is 0.326 e. The van der Waals surface area contributed by atoms with Gasteiger partial charge in [0.1, 0.15) is 0 Å². The molecule has 0 aliphatic carbocycles. The van der Waals surface area contributed by atoms with Gasteiger partial charge < -0.3 is 10.7 Å². The molecule has 1 aromatic heterocycles. The van der Waals surface area contributed by atoms with E-state index in [0.29, 0.717) is 6.54 Å². The summed E-state index contributed by atoms with van der Waals surface area (Å²) in [6.45, 7) is 2.60. The van der Waals surface area contributed by atoms with Crippen molar-refractivity contribution in [2.45, 2.75) is 19.9 Å². The molecule has 2 rings (SSSR count). The molecular formula is C12H14N2O. The highest BCUT2D eigenvalue weighted by Crippen LogP contribution is 2.18. The molecule has 1 heterocycles. The molecule has 0 amide bonds. The van der Waals surface area contributed by atoms with Gasteiger partial charge in [-0.2, -0.15) is 0 Å². The summed E-state index contributed by atoms with van der Waals surface area (Å²) in [5, 5.41) is 1.05. The van der Waals surface area contributed by atoms with Gasteiger partial charge in [-0.25, -0.2) is 0 Å². The topological polar surface area (TPSA) is 58.9 Å². The Labute approximate surface area is 87.9 Å². The Bertz CT molecular complexity index is 543. The van der Waals surface area contributed by atoms with Crippen molar-refractivity contribution in [3.8, 4) is 0 Å². The highest BCUT2D eigenvalue weighted by Gasteiger charge is 2.02. The number of hydrogen-bond acceptors (Lipinski definition) is 2. The van der Waals surface area contributed by atoms with Crippen molar-refractivity contribution in [1.82, 2.24) is 4.98 Å². The van der Waals surface area contributed by atoms with Crippen LogP contribution in [0, 0.1) is 0 Å². The van der Waals surface area contributed by atoms with E-state index < -0.39 is 0 Å². The number of nitrogens with one attached hydrogen (secondary N) is 1. The number of H-pyrrole nitrogens is 1. The van der Waals surface area contributed by atoms with Gasteiger partial charge in [-0.15, -0.1) is 0 Å². The summed E-state index contributed by atoms with van der Waals surface area (Å²) in [5.74, 6) is 0. The Kier molecular flexibility index (Phi) is 2.56. The second kappa shape index (κ2) is 3.87. The molecule has 78 valence electrons. The van der Waals surface area contributed by atoms with Crippen LogP contribution >= 0.6 is 0 Å². The van der Waals surface area contributed by atoms with Crippen molar-refractivity contribution in [3.63, 3.8) is 0 Å². The number of benzene rings is 1. The lowest BCUT2D eigenvalue weighted by Gasteiger charge is -2.06. The zero-order valence-corrected chi connectivity index (χ0v) is 8.71. The van der Waals surface area contributed by atoms with Crippen LogP contribution in [0.3, 0.4) is 0 Å². The molecule has 0 radical (unpaired) electrons. The number of rotatable bonds is 2. The average molecular weight is 202 g/mol. The van der Waals surface area contributed by atoms with Gasteiger partial charge in [0.05, 0.1) is 5.52 Å². The van der Waals surface area contributed by atoms with Gasteiger partial charge in [0.2, 0.25) is 5.56 Å². The molecule has 3 nitrogen and oxygen atoms in total. The first-order valence-corrected chi connectivity index (χ1v) is 5.09. The van der Waals surface area contributed by atoms with Crippen LogP contribution in [0.25, 0.3) is 10.9 Å². The standard InChI is InChI=1S/C12H14N2O/c1-2-9-5-8(7-13)6-10-3-4-11(15)14-12(9)10/h3-6H,2,7,13H2,1H3,(H,14,15). The maximum atomic E-state index is 11.2. The SMILES string of the molecule is CCc1cc(CN)cc2ccc(=O)[nH]c12. The van der Waals surface area contributed by atoms with Gasteiger partial charge in [0.25, 0.3) is 0 Å². The molecule has 0 aliphatic heterocycles. The first-order valence-electron chi connectivity index (χ1n) is 5.09. The summed E-state index contributed by atoms with van der Waals surface area (Å²) in [5.41, 5.74) is 8.74. The second-order valence-corrected chi connectivity index (χ2v) is 3.60. The van der Waals surface area contributed by atoms with Crippen molar-refractivity contribution in [3.05, 3.63) is 45.7 Å². The quantitative estimate of drug-likeness (QED) is 0.776. The summed E-state index contributed by atoms with van der Waals surface area (Å²) >= 11 is 0. The lowest BCUT2D eigenvalue weighted by Crippen LogP contribution is -2.05. The summed E-state index contributed by atoms with van der Waals surface area (Å²) < 4.78 is 0. The molecule has 15 heavy (non-hydrogen) atoms. The minimum absolute atomic E-state index is 0.0577. The number of aryl methyl sites for hydroxylation is 1. The van der Waals surface area contributed by atoms with Gasteiger partial charge in [0.15, 0.2) is 0 Å². The van der Waals surface area contributed by atoms with Gasteiger partial charge >= 0.3 is 0 Å². The van der Waals surface area contributed by atoms with Crippen LogP contribution in [0.4, 0.5) is 0 Å². The van der Waals surface area contributed by atoms with E-state index in [1.54, 1.807) is 6.07 Å². The molecule has 1 aromatic carbocycles. The van der Waals surface area contributed by atoms with E-state index in [2.05, 4.69) is 18.0 Å². The Morgan fingerprint density at radius 2 is 2.13 bits per heavy atom. The predicted molar refractivity (Wildman–Crippen MR) is 61.8 cm³/mol. The monoisotopic (exact) mass is 202 g/mol. The zero-order chi connectivity index (χ0) is 10.8. The Hall–Kier alpha value is -1.61. The molecule has 0 spiro atoms. The molecule has 0 saturated heterocycles. The summed E-state index contributed by atoms with van der Waals surface area (Å²) in [4.78, 5) is 14.1. The van der Waals surface area contributed by atoms with Crippen molar-refractivity contribution < 1.29 is 0 Å². The molecule has 2 aromatic rings.